The molecule has 1 aliphatic heterocycles. The van der Waals surface area contributed by atoms with Gasteiger partial charge in [0, 0.05) is 24.3 Å². The van der Waals surface area contributed by atoms with Crippen molar-refractivity contribution in [3.05, 3.63) is 71.4 Å². The molecular weight excluding hydrogens is 348 g/mol. The Bertz CT molecular complexity index is 864. The van der Waals surface area contributed by atoms with Crippen molar-refractivity contribution < 1.29 is 4.42 Å². The highest BCUT2D eigenvalue weighted by Gasteiger charge is 2.24. The molecule has 5 nitrogen and oxygen atoms in total. The molecule has 0 aliphatic carbocycles. The van der Waals surface area contributed by atoms with Gasteiger partial charge in [-0.25, -0.2) is 4.68 Å². The van der Waals surface area contributed by atoms with E-state index in [-0.39, 0.29) is 0 Å². The van der Waals surface area contributed by atoms with Crippen LogP contribution in [0.3, 0.4) is 0 Å². The Kier molecular flexibility index (Phi) is 5.93. The molecule has 5 heteroatoms. The molecule has 1 N–H and O–H groups in total. The number of furan rings is 1. The smallest absolute Gasteiger partial charge is 0.122 e. The van der Waals surface area contributed by atoms with Crippen molar-refractivity contribution in [2.45, 2.75) is 45.7 Å². The largest absolute Gasteiger partial charge is 0.468 e. The monoisotopic (exact) mass is 378 g/mol. The molecule has 1 atom stereocenters. The molecule has 0 radical (unpaired) electrons. The number of likely N-dealkylation sites (tertiary alicyclic amines) is 1. The molecule has 148 valence electrons. The molecule has 2 aromatic heterocycles. The van der Waals surface area contributed by atoms with Gasteiger partial charge in [0.15, 0.2) is 0 Å². The van der Waals surface area contributed by atoms with E-state index in [2.05, 4.69) is 54.4 Å². The van der Waals surface area contributed by atoms with Crippen LogP contribution in [0.25, 0.3) is 5.69 Å². The molecule has 3 aromatic rings. The Labute approximate surface area is 167 Å². The zero-order valence-electron chi connectivity index (χ0n) is 16.9. The van der Waals surface area contributed by atoms with Gasteiger partial charge in [-0.1, -0.05) is 24.6 Å². The summed E-state index contributed by atoms with van der Waals surface area (Å²) in [4.78, 5) is 2.56. The molecule has 1 fully saturated rings. The summed E-state index contributed by atoms with van der Waals surface area (Å²) < 4.78 is 7.81. The van der Waals surface area contributed by atoms with Crippen LogP contribution in [0.4, 0.5) is 0 Å². The van der Waals surface area contributed by atoms with Crippen LogP contribution >= 0.6 is 0 Å². The summed E-state index contributed by atoms with van der Waals surface area (Å²) >= 11 is 0. The Hall–Kier alpha value is -2.37. The highest BCUT2D eigenvalue weighted by atomic mass is 16.3. The van der Waals surface area contributed by atoms with Crippen LogP contribution in [-0.2, 0) is 6.54 Å². The number of benzene rings is 1. The number of aryl methyl sites for hydroxylation is 1. The van der Waals surface area contributed by atoms with Gasteiger partial charge in [-0.15, -0.1) is 0 Å². The van der Waals surface area contributed by atoms with Crippen LogP contribution in [0.1, 0.15) is 48.0 Å². The number of nitrogens with one attached hydrogen (secondary N) is 1. The van der Waals surface area contributed by atoms with E-state index < -0.39 is 0 Å². The SMILES string of the molecule is Cc1nn(-c2ccccc2)c(C)c1CNCC(c1ccco1)N1CCCCC1. The van der Waals surface area contributed by atoms with Crippen molar-refractivity contribution in [1.29, 1.82) is 0 Å². The maximum absolute atomic E-state index is 5.76. The van der Waals surface area contributed by atoms with E-state index in [4.69, 9.17) is 9.52 Å². The topological polar surface area (TPSA) is 46.2 Å². The lowest BCUT2D eigenvalue weighted by molar-refractivity contribution is 0.142. The summed E-state index contributed by atoms with van der Waals surface area (Å²) in [6.07, 6.45) is 5.68. The maximum Gasteiger partial charge on any atom is 0.122 e. The molecule has 0 saturated carbocycles. The third-order valence-corrected chi connectivity index (χ3v) is 5.78. The quantitative estimate of drug-likeness (QED) is 0.662. The fraction of sp³-hybridized carbons (Fsp3) is 0.435. The average molecular weight is 379 g/mol. The van der Waals surface area contributed by atoms with Crippen molar-refractivity contribution in [3.63, 3.8) is 0 Å². The third kappa shape index (κ3) is 4.05. The standard InChI is InChI=1S/C23H30N4O/c1-18-21(19(2)27(25-18)20-10-5-3-6-11-20)16-24-17-22(23-12-9-15-28-23)26-13-7-4-8-14-26/h3,5-6,9-12,15,22,24H,4,7-8,13-14,16-17H2,1-2H3. The lowest BCUT2D eigenvalue weighted by atomic mass is 10.1. The van der Waals surface area contributed by atoms with Crippen molar-refractivity contribution in [3.8, 4) is 5.69 Å². The van der Waals surface area contributed by atoms with Crippen molar-refractivity contribution >= 4 is 0 Å². The van der Waals surface area contributed by atoms with Crippen LogP contribution in [-0.4, -0.2) is 34.3 Å². The maximum atomic E-state index is 5.76. The van der Waals surface area contributed by atoms with E-state index >= 15 is 0 Å². The van der Waals surface area contributed by atoms with Gasteiger partial charge in [-0.3, -0.25) is 4.90 Å². The minimum atomic E-state index is 0.292. The normalized spacial score (nSPS) is 16.4. The summed E-state index contributed by atoms with van der Waals surface area (Å²) in [5, 5.41) is 8.44. The summed E-state index contributed by atoms with van der Waals surface area (Å²) in [5.41, 5.74) is 4.67. The molecule has 0 spiro atoms. The third-order valence-electron chi connectivity index (χ3n) is 5.78. The van der Waals surface area contributed by atoms with E-state index in [1.807, 2.05) is 16.8 Å². The number of aromatic nitrogens is 2. The van der Waals surface area contributed by atoms with Crippen LogP contribution in [0.15, 0.2) is 53.1 Å². The summed E-state index contributed by atoms with van der Waals surface area (Å²) in [6, 6.07) is 14.7. The predicted molar refractivity (Wildman–Crippen MR) is 112 cm³/mol. The van der Waals surface area contributed by atoms with Crippen LogP contribution in [0.5, 0.6) is 0 Å². The summed E-state index contributed by atoms with van der Waals surface area (Å²) in [6.45, 7) is 8.24. The van der Waals surface area contributed by atoms with Gasteiger partial charge < -0.3 is 9.73 Å². The van der Waals surface area contributed by atoms with Gasteiger partial charge in [-0.05, 0) is 64.0 Å². The fourth-order valence-corrected chi connectivity index (χ4v) is 4.21. The lowest BCUT2D eigenvalue weighted by Gasteiger charge is -2.33. The van der Waals surface area contributed by atoms with Crippen LogP contribution in [0.2, 0.25) is 0 Å². The van der Waals surface area contributed by atoms with Crippen LogP contribution in [0, 0.1) is 13.8 Å². The minimum Gasteiger partial charge on any atom is -0.468 e. The predicted octanol–water partition coefficient (Wildman–Crippen LogP) is 4.40. The van der Waals surface area contributed by atoms with Crippen molar-refractivity contribution in [1.82, 2.24) is 20.0 Å². The first-order chi connectivity index (χ1) is 13.7. The molecule has 1 unspecified atom stereocenters. The van der Waals surface area contributed by atoms with E-state index in [0.717, 1.165) is 43.3 Å². The van der Waals surface area contributed by atoms with Gasteiger partial charge in [-0.2, -0.15) is 5.10 Å². The first-order valence-corrected chi connectivity index (χ1v) is 10.3. The second-order valence-electron chi connectivity index (χ2n) is 7.66. The number of hydrogen-bond acceptors (Lipinski definition) is 4. The van der Waals surface area contributed by atoms with Crippen molar-refractivity contribution in [2.24, 2.45) is 0 Å². The lowest BCUT2D eigenvalue weighted by Crippen LogP contribution is -2.38. The molecular formula is C23H30N4O. The summed E-state index contributed by atoms with van der Waals surface area (Å²) in [7, 11) is 0. The summed E-state index contributed by atoms with van der Waals surface area (Å²) in [5.74, 6) is 1.06. The first-order valence-electron chi connectivity index (χ1n) is 10.3. The second-order valence-corrected chi connectivity index (χ2v) is 7.66. The molecule has 4 rings (SSSR count). The Morgan fingerprint density at radius 1 is 1.04 bits per heavy atom. The van der Waals surface area contributed by atoms with E-state index in [1.165, 1.54) is 30.5 Å². The Balaban J connectivity index is 1.45. The second kappa shape index (κ2) is 8.76. The fourth-order valence-electron chi connectivity index (χ4n) is 4.21. The number of para-hydroxylation sites is 1. The van der Waals surface area contributed by atoms with Crippen molar-refractivity contribution in [2.75, 3.05) is 19.6 Å². The average Bonchev–Trinajstić information content (AvgIpc) is 3.36. The highest BCUT2D eigenvalue weighted by Crippen LogP contribution is 2.25. The number of nitrogens with zero attached hydrogens (tertiary/aromatic N) is 3. The van der Waals surface area contributed by atoms with Gasteiger partial charge in [0.1, 0.15) is 5.76 Å². The number of hydrogen-bond donors (Lipinski definition) is 1. The molecule has 1 saturated heterocycles. The zero-order valence-corrected chi connectivity index (χ0v) is 16.9. The molecule has 1 aliphatic rings. The molecule has 1 aromatic carbocycles. The van der Waals surface area contributed by atoms with Crippen LogP contribution < -0.4 is 5.32 Å². The molecule has 0 bridgehead atoms. The van der Waals surface area contributed by atoms with Gasteiger partial charge in [0.05, 0.1) is 23.7 Å². The highest BCUT2D eigenvalue weighted by molar-refractivity contribution is 5.36. The van der Waals surface area contributed by atoms with E-state index in [0.29, 0.717) is 6.04 Å². The number of piperidine rings is 1. The molecule has 0 amide bonds. The first kappa shape index (κ1) is 19.0. The van der Waals surface area contributed by atoms with Gasteiger partial charge in [0.25, 0.3) is 0 Å². The Morgan fingerprint density at radius 2 is 1.82 bits per heavy atom. The van der Waals surface area contributed by atoms with E-state index in [1.54, 1.807) is 6.26 Å². The molecule has 3 heterocycles. The molecule has 28 heavy (non-hydrogen) atoms. The zero-order chi connectivity index (χ0) is 19.3. The number of rotatable bonds is 7. The van der Waals surface area contributed by atoms with E-state index in [9.17, 15) is 0 Å². The Morgan fingerprint density at radius 3 is 2.54 bits per heavy atom. The van der Waals surface area contributed by atoms with Gasteiger partial charge >= 0.3 is 0 Å². The van der Waals surface area contributed by atoms with Gasteiger partial charge in [0.2, 0.25) is 0 Å². The minimum absolute atomic E-state index is 0.292.